The Balaban J connectivity index is 1.77. The molecular formula is C27H23F2NO4. The second kappa shape index (κ2) is 9.87. The first-order chi connectivity index (χ1) is 16.4. The monoisotopic (exact) mass is 463 g/mol. The van der Waals surface area contributed by atoms with Crippen molar-refractivity contribution in [2.75, 3.05) is 6.61 Å². The molecule has 34 heavy (non-hydrogen) atoms. The van der Waals surface area contributed by atoms with Crippen molar-refractivity contribution in [1.82, 2.24) is 4.90 Å². The lowest BCUT2D eigenvalue weighted by Gasteiger charge is -2.25. The van der Waals surface area contributed by atoms with Gasteiger partial charge >= 0.3 is 0 Å². The van der Waals surface area contributed by atoms with E-state index in [-0.39, 0.29) is 17.9 Å². The number of aliphatic hydroxyl groups is 1. The highest BCUT2D eigenvalue weighted by molar-refractivity contribution is 6.46. The van der Waals surface area contributed by atoms with E-state index in [0.717, 1.165) is 6.42 Å². The summed E-state index contributed by atoms with van der Waals surface area (Å²) in [5, 5.41) is 11.1. The number of aliphatic hydroxyl groups excluding tert-OH is 1. The number of carbonyl (C=O) groups excluding carboxylic acids is 2. The molecule has 1 N–H and O–H groups in total. The van der Waals surface area contributed by atoms with Crippen LogP contribution in [0.3, 0.4) is 0 Å². The summed E-state index contributed by atoms with van der Waals surface area (Å²) in [5.74, 6) is -2.26. The molecule has 3 aromatic rings. The number of rotatable bonds is 7. The van der Waals surface area contributed by atoms with Crippen molar-refractivity contribution in [1.29, 1.82) is 0 Å². The summed E-state index contributed by atoms with van der Waals surface area (Å²) in [6.07, 6.45) is 0.844. The number of halogens is 2. The van der Waals surface area contributed by atoms with Gasteiger partial charge in [0.05, 0.1) is 18.2 Å². The fourth-order valence-corrected chi connectivity index (χ4v) is 3.91. The molecule has 5 nitrogen and oxygen atoms in total. The zero-order valence-electron chi connectivity index (χ0n) is 18.5. The van der Waals surface area contributed by atoms with E-state index in [9.17, 15) is 23.5 Å². The molecule has 1 saturated heterocycles. The van der Waals surface area contributed by atoms with Crippen molar-refractivity contribution in [3.05, 3.63) is 107 Å². The van der Waals surface area contributed by atoms with Crippen LogP contribution in [-0.4, -0.2) is 28.3 Å². The number of likely N-dealkylation sites (tertiary alicyclic amines) is 1. The van der Waals surface area contributed by atoms with E-state index < -0.39 is 29.4 Å². The Morgan fingerprint density at radius 2 is 1.50 bits per heavy atom. The van der Waals surface area contributed by atoms with Crippen LogP contribution < -0.4 is 4.74 Å². The number of hydrogen-bond acceptors (Lipinski definition) is 4. The van der Waals surface area contributed by atoms with Crippen molar-refractivity contribution in [2.24, 2.45) is 0 Å². The Kier molecular flexibility index (Phi) is 6.72. The van der Waals surface area contributed by atoms with Crippen LogP contribution in [0, 0.1) is 11.6 Å². The third kappa shape index (κ3) is 4.69. The van der Waals surface area contributed by atoms with Gasteiger partial charge in [-0.1, -0.05) is 31.2 Å². The molecular weight excluding hydrogens is 440 g/mol. The molecule has 0 aliphatic carbocycles. The summed E-state index contributed by atoms with van der Waals surface area (Å²) in [6, 6.07) is 16.6. The highest BCUT2D eigenvalue weighted by atomic mass is 19.1. The quantitative estimate of drug-likeness (QED) is 0.290. The van der Waals surface area contributed by atoms with Gasteiger partial charge in [-0.3, -0.25) is 9.59 Å². The van der Waals surface area contributed by atoms with Crippen LogP contribution in [0.15, 0.2) is 78.4 Å². The van der Waals surface area contributed by atoms with Crippen molar-refractivity contribution < 1.29 is 28.2 Å². The van der Waals surface area contributed by atoms with Gasteiger partial charge in [0.1, 0.15) is 23.1 Å². The number of amides is 1. The first-order valence-electron chi connectivity index (χ1n) is 10.9. The Morgan fingerprint density at radius 3 is 2.09 bits per heavy atom. The van der Waals surface area contributed by atoms with Crippen LogP contribution >= 0.6 is 0 Å². The van der Waals surface area contributed by atoms with E-state index in [4.69, 9.17) is 4.74 Å². The smallest absolute Gasteiger partial charge is 0.295 e. The second-order valence-electron chi connectivity index (χ2n) is 7.98. The van der Waals surface area contributed by atoms with Gasteiger partial charge in [-0.05, 0) is 66.1 Å². The lowest BCUT2D eigenvalue weighted by Crippen LogP contribution is -2.29. The van der Waals surface area contributed by atoms with Gasteiger partial charge in [-0.2, -0.15) is 0 Å². The number of nitrogens with zero attached hydrogens (tertiary/aromatic N) is 1. The molecule has 1 heterocycles. The highest BCUT2D eigenvalue weighted by Gasteiger charge is 2.46. The molecule has 1 fully saturated rings. The molecule has 3 aromatic carbocycles. The Morgan fingerprint density at radius 1 is 0.912 bits per heavy atom. The SMILES string of the molecule is CCCOc1ccc(/C(O)=C2/C(=O)C(=O)N(Cc3ccc(F)cc3)C2c2ccc(F)cc2)cc1. The molecule has 1 amide bonds. The zero-order valence-corrected chi connectivity index (χ0v) is 18.5. The van der Waals surface area contributed by atoms with E-state index in [0.29, 0.717) is 29.0 Å². The normalized spacial score (nSPS) is 17.3. The first-order valence-corrected chi connectivity index (χ1v) is 10.9. The summed E-state index contributed by atoms with van der Waals surface area (Å²) in [5.41, 5.74) is 1.32. The topological polar surface area (TPSA) is 66.8 Å². The maximum Gasteiger partial charge on any atom is 0.295 e. The summed E-state index contributed by atoms with van der Waals surface area (Å²) in [4.78, 5) is 27.4. The van der Waals surface area contributed by atoms with Gasteiger partial charge in [0.2, 0.25) is 0 Å². The highest BCUT2D eigenvalue weighted by Crippen LogP contribution is 2.40. The minimum Gasteiger partial charge on any atom is -0.507 e. The molecule has 0 spiro atoms. The van der Waals surface area contributed by atoms with Gasteiger partial charge in [-0.15, -0.1) is 0 Å². The fraction of sp³-hybridized carbons (Fsp3) is 0.185. The van der Waals surface area contributed by atoms with Crippen LogP contribution in [0.25, 0.3) is 5.76 Å². The Hall–Kier alpha value is -4.00. The molecule has 1 unspecified atom stereocenters. The summed E-state index contributed by atoms with van der Waals surface area (Å²) in [7, 11) is 0. The van der Waals surface area contributed by atoms with Gasteiger partial charge in [0.15, 0.2) is 0 Å². The lowest BCUT2D eigenvalue weighted by atomic mass is 9.95. The van der Waals surface area contributed by atoms with E-state index in [1.165, 1.54) is 53.4 Å². The average molecular weight is 463 g/mol. The van der Waals surface area contributed by atoms with Crippen molar-refractivity contribution in [2.45, 2.75) is 25.9 Å². The van der Waals surface area contributed by atoms with E-state index in [2.05, 4.69) is 0 Å². The largest absolute Gasteiger partial charge is 0.507 e. The Bertz CT molecular complexity index is 1220. The number of ketones is 1. The standard InChI is InChI=1S/C27H23F2NO4/c1-2-15-34-22-13-7-19(8-14-22)25(31)23-24(18-5-11-21(29)12-6-18)30(27(33)26(23)32)16-17-3-9-20(28)10-4-17/h3-14,24,31H,2,15-16H2,1H3/b25-23-. The predicted octanol–water partition coefficient (Wildman–Crippen LogP) is 5.38. The number of Topliss-reactive ketones (excluding diaryl/α,β-unsaturated/α-hetero) is 1. The molecule has 1 aliphatic heterocycles. The maximum atomic E-state index is 13.6. The molecule has 0 saturated carbocycles. The van der Waals surface area contributed by atoms with E-state index in [1.807, 2.05) is 6.92 Å². The van der Waals surface area contributed by atoms with Crippen LogP contribution in [0.5, 0.6) is 5.75 Å². The molecule has 4 rings (SSSR count). The molecule has 174 valence electrons. The lowest BCUT2D eigenvalue weighted by molar-refractivity contribution is -0.140. The van der Waals surface area contributed by atoms with E-state index in [1.54, 1.807) is 24.3 Å². The van der Waals surface area contributed by atoms with Crippen LogP contribution in [0.4, 0.5) is 8.78 Å². The van der Waals surface area contributed by atoms with Crippen molar-refractivity contribution >= 4 is 17.4 Å². The van der Waals surface area contributed by atoms with Crippen LogP contribution in [-0.2, 0) is 16.1 Å². The molecule has 0 bridgehead atoms. The van der Waals surface area contributed by atoms with Gasteiger partial charge in [-0.25, -0.2) is 8.78 Å². The van der Waals surface area contributed by atoms with Gasteiger partial charge in [0, 0.05) is 12.1 Å². The molecule has 0 radical (unpaired) electrons. The second-order valence-corrected chi connectivity index (χ2v) is 7.98. The molecule has 0 aromatic heterocycles. The number of benzene rings is 3. The zero-order chi connectivity index (χ0) is 24.2. The number of hydrogen-bond donors (Lipinski definition) is 1. The first kappa shape index (κ1) is 23.2. The van der Waals surface area contributed by atoms with Gasteiger partial charge in [0.25, 0.3) is 11.7 Å². The van der Waals surface area contributed by atoms with Gasteiger partial charge < -0.3 is 14.7 Å². The Labute approximate surface area is 195 Å². The summed E-state index contributed by atoms with van der Waals surface area (Å²) < 4.78 is 32.5. The van der Waals surface area contributed by atoms with Crippen molar-refractivity contribution in [3.8, 4) is 5.75 Å². The molecule has 1 aliphatic rings. The fourth-order valence-electron chi connectivity index (χ4n) is 3.91. The third-order valence-electron chi connectivity index (χ3n) is 5.59. The minimum absolute atomic E-state index is 0.00741. The molecule has 7 heteroatoms. The number of ether oxygens (including phenoxy) is 1. The summed E-state index contributed by atoms with van der Waals surface area (Å²) in [6.45, 7) is 2.54. The minimum atomic E-state index is -0.943. The van der Waals surface area contributed by atoms with Crippen molar-refractivity contribution in [3.63, 3.8) is 0 Å². The summed E-state index contributed by atoms with van der Waals surface area (Å²) >= 11 is 0. The van der Waals surface area contributed by atoms with E-state index >= 15 is 0 Å². The predicted molar refractivity (Wildman–Crippen MR) is 123 cm³/mol. The molecule has 1 atom stereocenters. The van der Waals surface area contributed by atoms with Crippen LogP contribution in [0.2, 0.25) is 0 Å². The number of carbonyl (C=O) groups is 2. The van der Waals surface area contributed by atoms with Crippen LogP contribution in [0.1, 0.15) is 36.1 Å². The maximum absolute atomic E-state index is 13.6. The average Bonchev–Trinajstić information content (AvgIpc) is 3.09. The third-order valence-corrected chi connectivity index (χ3v) is 5.59.